The van der Waals surface area contributed by atoms with E-state index in [1.807, 2.05) is 0 Å². The number of fused-ring (bicyclic) bond motifs is 3. The number of anilines is 1. The number of nitrogens with two attached hydrogens (primary N) is 1. The van der Waals surface area contributed by atoms with E-state index in [0.29, 0.717) is 56.4 Å². The van der Waals surface area contributed by atoms with Crippen molar-refractivity contribution in [2.75, 3.05) is 25.9 Å². The van der Waals surface area contributed by atoms with Gasteiger partial charge in [-0.2, -0.15) is 0 Å². The number of amides is 1. The number of halogens is 4. The fourth-order valence-electron chi connectivity index (χ4n) is 5.84. The molecule has 39 heavy (non-hydrogen) atoms. The topological polar surface area (TPSA) is 111 Å². The van der Waals surface area contributed by atoms with Gasteiger partial charge in [0.15, 0.2) is 0 Å². The summed E-state index contributed by atoms with van der Waals surface area (Å²) in [4.78, 5) is 34.4. The molecule has 8 nitrogen and oxygen atoms in total. The molecule has 0 spiro atoms. The van der Waals surface area contributed by atoms with Crippen LogP contribution < -0.4 is 10.5 Å². The number of esters is 1. The maximum atomic E-state index is 15.3. The van der Waals surface area contributed by atoms with Crippen LogP contribution in [0.5, 0.6) is 5.75 Å². The molecule has 2 aliphatic rings. The van der Waals surface area contributed by atoms with Crippen LogP contribution in [0, 0.1) is 11.7 Å². The number of nitrogens with zero attached hydrogens (tertiary/aromatic N) is 2. The van der Waals surface area contributed by atoms with E-state index in [2.05, 4.69) is 14.7 Å². The summed E-state index contributed by atoms with van der Waals surface area (Å²) in [6.45, 7) is 0.647. The smallest absolute Gasteiger partial charge is 0.469 e. The van der Waals surface area contributed by atoms with Gasteiger partial charge in [0, 0.05) is 47.9 Å². The molecular formula is C27H28F4N4O4. The first-order valence-electron chi connectivity index (χ1n) is 12.8. The summed E-state index contributed by atoms with van der Waals surface area (Å²) in [5.41, 5.74) is 8.82. The molecule has 3 aromatic rings. The van der Waals surface area contributed by atoms with Gasteiger partial charge in [0.2, 0.25) is 0 Å². The van der Waals surface area contributed by atoms with E-state index in [1.54, 1.807) is 4.90 Å². The van der Waals surface area contributed by atoms with E-state index < -0.39 is 23.8 Å². The van der Waals surface area contributed by atoms with Crippen LogP contribution in [0.1, 0.15) is 58.8 Å². The summed E-state index contributed by atoms with van der Waals surface area (Å²) in [5.74, 6) is -2.02. The Kier molecular flexibility index (Phi) is 7.13. The number of hydrogen-bond donors (Lipinski definition) is 2. The number of aromatic amines is 1. The third-order valence-electron chi connectivity index (χ3n) is 7.65. The van der Waals surface area contributed by atoms with E-state index in [4.69, 9.17) is 10.5 Å². The number of alkyl halides is 3. The molecule has 1 aliphatic carbocycles. The molecule has 12 heteroatoms. The zero-order valence-electron chi connectivity index (χ0n) is 21.2. The Labute approximate surface area is 221 Å². The quantitative estimate of drug-likeness (QED) is 0.208. The Morgan fingerprint density at radius 1 is 1.18 bits per heavy atom. The van der Waals surface area contributed by atoms with Gasteiger partial charge in [0.25, 0.3) is 5.91 Å². The SMILES string of the molecule is COC(=O)C1CCCc2c([nH]c3ncc(F)c(C4CCN(C(=O)c5ccc(OC(F)(F)F)cc5N)CC4)c23)C1. The van der Waals surface area contributed by atoms with E-state index in [0.717, 1.165) is 35.2 Å². The number of carbonyl (C=O) groups is 2. The first-order valence-corrected chi connectivity index (χ1v) is 12.8. The first-order chi connectivity index (χ1) is 18.6. The van der Waals surface area contributed by atoms with Crippen LogP contribution in [0.3, 0.4) is 0 Å². The van der Waals surface area contributed by atoms with Crippen LogP contribution in [0.25, 0.3) is 11.0 Å². The Morgan fingerprint density at radius 3 is 2.59 bits per heavy atom. The van der Waals surface area contributed by atoms with Crippen molar-refractivity contribution in [3.05, 3.63) is 52.6 Å². The van der Waals surface area contributed by atoms with Crippen molar-refractivity contribution in [3.8, 4) is 5.75 Å². The van der Waals surface area contributed by atoms with E-state index in [9.17, 15) is 22.8 Å². The number of pyridine rings is 1. The molecule has 3 heterocycles. The van der Waals surface area contributed by atoms with Gasteiger partial charge in [-0.05, 0) is 55.7 Å². The lowest BCUT2D eigenvalue weighted by molar-refractivity contribution is -0.274. The highest BCUT2D eigenvalue weighted by Crippen LogP contribution is 2.39. The van der Waals surface area contributed by atoms with Gasteiger partial charge >= 0.3 is 12.3 Å². The van der Waals surface area contributed by atoms with Crippen molar-refractivity contribution < 1.29 is 36.6 Å². The number of aryl methyl sites for hydroxylation is 1. The van der Waals surface area contributed by atoms with E-state index >= 15 is 4.39 Å². The fraction of sp³-hybridized carbons (Fsp3) is 0.444. The number of nitrogen functional groups attached to an aromatic ring is 1. The molecule has 1 saturated heterocycles. The molecule has 5 rings (SSSR count). The number of ether oxygens (including phenoxy) is 2. The lowest BCUT2D eigenvalue weighted by Gasteiger charge is -2.33. The van der Waals surface area contributed by atoms with Crippen molar-refractivity contribution in [1.29, 1.82) is 0 Å². The van der Waals surface area contributed by atoms with Gasteiger partial charge < -0.3 is 25.1 Å². The number of methoxy groups -OCH3 is 1. The largest absolute Gasteiger partial charge is 0.573 e. The Bertz CT molecular complexity index is 1410. The zero-order chi connectivity index (χ0) is 27.9. The molecule has 1 fully saturated rings. The van der Waals surface area contributed by atoms with Crippen LogP contribution in [0.4, 0.5) is 23.2 Å². The van der Waals surface area contributed by atoms with Crippen molar-refractivity contribution in [1.82, 2.24) is 14.9 Å². The van der Waals surface area contributed by atoms with Crippen molar-refractivity contribution in [3.63, 3.8) is 0 Å². The summed E-state index contributed by atoms with van der Waals surface area (Å²) in [6, 6.07) is 3.24. The predicted molar refractivity (Wildman–Crippen MR) is 134 cm³/mol. The molecule has 1 aromatic carbocycles. The number of nitrogens with one attached hydrogen (secondary N) is 1. The van der Waals surface area contributed by atoms with E-state index in [-0.39, 0.29) is 29.1 Å². The lowest BCUT2D eigenvalue weighted by atomic mass is 9.86. The third kappa shape index (κ3) is 5.37. The highest BCUT2D eigenvalue weighted by molar-refractivity contribution is 5.99. The maximum absolute atomic E-state index is 15.3. The Balaban J connectivity index is 1.35. The molecule has 3 N–H and O–H groups in total. The molecule has 208 valence electrons. The van der Waals surface area contributed by atoms with Crippen LogP contribution in [0.2, 0.25) is 0 Å². The number of H-pyrrole nitrogens is 1. The average molecular weight is 549 g/mol. The number of carbonyl (C=O) groups excluding carboxylic acids is 2. The number of hydrogen-bond acceptors (Lipinski definition) is 6. The molecular weight excluding hydrogens is 520 g/mol. The minimum absolute atomic E-state index is 0.0802. The van der Waals surface area contributed by atoms with Gasteiger partial charge in [-0.1, -0.05) is 0 Å². The van der Waals surface area contributed by atoms with Crippen LogP contribution in [0.15, 0.2) is 24.4 Å². The monoisotopic (exact) mass is 548 g/mol. The second kappa shape index (κ2) is 10.4. The zero-order valence-corrected chi connectivity index (χ0v) is 21.2. The molecule has 2 aromatic heterocycles. The van der Waals surface area contributed by atoms with Crippen LogP contribution >= 0.6 is 0 Å². The summed E-state index contributed by atoms with van der Waals surface area (Å²) in [6.07, 6.45) is -0.0867. The molecule has 1 unspecified atom stereocenters. The van der Waals surface area contributed by atoms with Gasteiger partial charge in [-0.3, -0.25) is 9.59 Å². The number of likely N-dealkylation sites (tertiary alicyclic amines) is 1. The first kappa shape index (κ1) is 26.8. The Morgan fingerprint density at radius 2 is 1.92 bits per heavy atom. The third-order valence-corrected chi connectivity index (χ3v) is 7.65. The number of piperidine rings is 1. The van der Waals surface area contributed by atoms with Crippen molar-refractivity contribution >= 4 is 28.6 Å². The predicted octanol–water partition coefficient (Wildman–Crippen LogP) is 4.87. The van der Waals surface area contributed by atoms with E-state index in [1.165, 1.54) is 19.4 Å². The molecule has 1 aliphatic heterocycles. The maximum Gasteiger partial charge on any atom is 0.573 e. The summed E-state index contributed by atoms with van der Waals surface area (Å²) in [5, 5.41) is 0.754. The fourth-order valence-corrected chi connectivity index (χ4v) is 5.84. The second-order valence-corrected chi connectivity index (χ2v) is 10.0. The highest BCUT2D eigenvalue weighted by atomic mass is 19.4. The molecule has 0 bridgehead atoms. The molecule has 1 atom stereocenters. The summed E-state index contributed by atoms with van der Waals surface area (Å²) >= 11 is 0. The van der Waals surface area contributed by atoms with Crippen LogP contribution in [-0.2, 0) is 22.4 Å². The second-order valence-electron chi connectivity index (χ2n) is 10.0. The van der Waals surface area contributed by atoms with Gasteiger partial charge in [-0.25, -0.2) is 9.37 Å². The Hall–Kier alpha value is -3.83. The van der Waals surface area contributed by atoms with Gasteiger partial charge in [-0.15, -0.1) is 13.2 Å². The van der Waals surface area contributed by atoms with Crippen LogP contribution in [-0.4, -0.2) is 53.3 Å². The molecule has 1 amide bonds. The van der Waals surface area contributed by atoms with Gasteiger partial charge in [0.1, 0.15) is 17.2 Å². The van der Waals surface area contributed by atoms with Crippen molar-refractivity contribution in [2.24, 2.45) is 5.92 Å². The lowest BCUT2D eigenvalue weighted by Crippen LogP contribution is -2.38. The standard InChI is InChI=1S/C27H28F4N4O4/c1-38-26(37)15-3-2-4-18-21(11-15)34-24-23(18)22(19(28)13-33-24)14-7-9-35(10-8-14)25(36)17-6-5-16(12-20(17)32)39-27(29,30)31/h5-6,12-15H,2-4,7-11,32H2,1H3,(H,33,34). The minimum Gasteiger partial charge on any atom is -0.469 e. The normalized spacial score (nSPS) is 18.5. The number of aromatic nitrogens is 2. The summed E-state index contributed by atoms with van der Waals surface area (Å²) < 4.78 is 61.6. The highest BCUT2D eigenvalue weighted by Gasteiger charge is 2.33. The number of benzene rings is 1. The van der Waals surface area contributed by atoms with Gasteiger partial charge in [0.05, 0.1) is 24.8 Å². The minimum atomic E-state index is -4.87. The molecule has 0 saturated carbocycles. The number of rotatable bonds is 4. The average Bonchev–Trinajstić information content (AvgIpc) is 3.09. The van der Waals surface area contributed by atoms with Crippen molar-refractivity contribution in [2.45, 2.75) is 50.8 Å². The molecule has 0 radical (unpaired) electrons. The summed E-state index contributed by atoms with van der Waals surface area (Å²) in [7, 11) is 1.37.